The second kappa shape index (κ2) is 5.28. The number of hydrogen-bond acceptors (Lipinski definition) is 2. The van der Waals surface area contributed by atoms with E-state index in [1.807, 2.05) is 24.4 Å². The van der Waals surface area contributed by atoms with Gasteiger partial charge in [0.05, 0.1) is 6.10 Å². The Kier molecular flexibility index (Phi) is 3.75. The fourth-order valence-corrected chi connectivity index (χ4v) is 2.07. The summed E-state index contributed by atoms with van der Waals surface area (Å²) < 4.78 is 0. The zero-order valence-electron chi connectivity index (χ0n) is 10.4. The maximum Gasteiger partial charge on any atom is 0.0796 e. The molecule has 1 N–H and O–H groups in total. The summed E-state index contributed by atoms with van der Waals surface area (Å²) in [5.41, 5.74) is 0.997. The maximum absolute atomic E-state index is 10.2. The van der Waals surface area contributed by atoms with Crippen molar-refractivity contribution in [3.05, 3.63) is 42.2 Å². The summed E-state index contributed by atoms with van der Waals surface area (Å²) >= 11 is 0. The molecule has 1 aromatic carbocycles. The van der Waals surface area contributed by atoms with Gasteiger partial charge in [-0.25, -0.2) is 0 Å². The van der Waals surface area contributed by atoms with Crippen LogP contribution in [0.5, 0.6) is 0 Å². The highest BCUT2D eigenvalue weighted by Crippen LogP contribution is 2.27. The minimum absolute atomic E-state index is 0.384. The van der Waals surface area contributed by atoms with Gasteiger partial charge in [0.1, 0.15) is 0 Å². The van der Waals surface area contributed by atoms with Crippen LogP contribution in [0.25, 0.3) is 10.8 Å². The lowest BCUT2D eigenvalue weighted by atomic mass is 9.96. The van der Waals surface area contributed by atoms with E-state index >= 15 is 0 Å². The van der Waals surface area contributed by atoms with E-state index in [1.54, 1.807) is 6.20 Å². The number of nitrogens with zero attached hydrogens (tertiary/aromatic N) is 1. The van der Waals surface area contributed by atoms with Crippen LogP contribution in [-0.2, 0) is 0 Å². The first-order chi connectivity index (χ1) is 8.18. The van der Waals surface area contributed by atoms with Crippen molar-refractivity contribution in [1.29, 1.82) is 0 Å². The molecule has 0 radical (unpaired) electrons. The fraction of sp³-hybridized carbons (Fsp3) is 0.400. The Bertz CT molecular complexity index is 488. The third kappa shape index (κ3) is 2.83. The molecule has 1 aromatic heterocycles. The minimum Gasteiger partial charge on any atom is -0.388 e. The maximum atomic E-state index is 10.2. The Morgan fingerprint density at radius 3 is 2.76 bits per heavy atom. The third-order valence-electron chi connectivity index (χ3n) is 3.09. The Morgan fingerprint density at radius 1 is 1.18 bits per heavy atom. The number of aromatic nitrogens is 1. The normalized spacial score (nSPS) is 13.2. The van der Waals surface area contributed by atoms with Crippen LogP contribution in [-0.4, -0.2) is 10.1 Å². The largest absolute Gasteiger partial charge is 0.388 e. The molecule has 0 aliphatic rings. The monoisotopic (exact) mass is 229 g/mol. The summed E-state index contributed by atoms with van der Waals surface area (Å²) in [6.45, 7) is 4.36. The summed E-state index contributed by atoms with van der Waals surface area (Å²) in [7, 11) is 0. The van der Waals surface area contributed by atoms with Crippen LogP contribution in [0, 0.1) is 5.92 Å². The number of benzene rings is 1. The second-order valence-electron chi connectivity index (χ2n) is 4.93. The van der Waals surface area contributed by atoms with Crippen molar-refractivity contribution in [2.75, 3.05) is 0 Å². The lowest BCUT2D eigenvalue weighted by molar-refractivity contribution is 0.160. The van der Waals surface area contributed by atoms with Gasteiger partial charge in [-0.15, -0.1) is 0 Å². The zero-order valence-corrected chi connectivity index (χ0v) is 10.4. The Hall–Kier alpha value is -1.41. The molecule has 0 fully saturated rings. The zero-order chi connectivity index (χ0) is 12.3. The van der Waals surface area contributed by atoms with E-state index in [9.17, 15) is 5.11 Å². The van der Waals surface area contributed by atoms with E-state index in [2.05, 4.69) is 24.9 Å². The molecule has 1 unspecified atom stereocenters. The summed E-state index contributed by atoms with van der Waals surface area (Å²) in [6, 6.07) is 8.02. The van der Waals surface area contributed by atoms with E-state index in [0.717, 1.165) is 29.2 Å². The molecule has 2 aromatic rings. The quantitative estimate of drug-likeness (QED) is 0.867. The van der Waals surface area contributed by atoms with Gasteiger partial charge in [-0.1, -0.05) is 32.0 Å². The molecule has 0 aliphatic heterocycles. The molecule has 1 atom stereocenters. The van der Waals surface area contributed by atoms with Crippen LogP contribution < -0.4 is 0 Å². The highest BCUT2D eigenvalue weighted by atomic mass is 16.3. The third-order valence-corrected chi connectivity index (χ3v) is 3.09. The van der Waals surface area contributed by atoms with Crippen molar-refractivity contribution >= 4 is 10.8 Å². The van der Waals surface area contributed by atoms with E-state index in [0.29, 0.717) is 5.92 Å². The lowest BCUT2D eigenvalue weighted by Gasteiger charge is -2.14. The predicted octanol–water partition coefficient (Wildman–Crippen LogP) is 3.70. The van der Waals surface area contributed by atoms with Gasteiger partial charge >= 0.3 is 0 Å². The number of aliphatic hydroxyl groups is 1. The molecule has 0 saturated heterocycles. The van der Waals surface area contributed by atoms with Crippen LogP contribution >= 0.6 is 0 Å². The van der Waals surface area contributed by atoms with Crippen molar-refractivity contribution < 1.29 is 5.11 Å². The number of aliphatic hydroxyl groups excluding tert-OH is 1. The first-order valence-electron chi connectivity index (χ1n) is 6.19. The number of fused-ring (bicyclic) bond motifs is 1. The molecule has 17 heavy (non-hydrogen) atoms. The summed E-state index contributed by atoms with van der Waals surface area (Å²) in [5.74, 6) is 0.623. The average Bonchev–Trinajstić information content (AvgIpc) is 2.35. The van der Waals surface area contributed by atoms with Gasteiger partial charge in [0.2, 0.25) is 0 Å². The fourth-order valence-electron chi connectivity index (χ4n) is 2.07. The number of rotatable bonds is 4. The Morgan fingerprint density at radius 2 is 2.00 bits per heavy atom. The van der Waals surface area contributed by atoms with Gasteiger partial charge in [-0.2, -0.15) is 0 Å². The van der Waals surface area contributed by atoms with Crippen molar-refractivity contribution in [1.82, 2.24) is 4.98 Å². The molecular weight excluding hydrogens is 210 g/mol. The Balaban J connectivity index is 2.28. The van der Waals surface area contributed by atoms with E-state index < -0.39 is 0 Å². The van der Waals surface area contributed by atoms with Crippen molar-refractivity contribution in [3.63, 3.8) is 0 Å². The topological polar surface area (TPSA) is 33.1 Å². The van der Waals surface area contributed by atoms with Crippen LogP contribution in [0.4, 0.5) is 0 Å². The molecule has 0 amide bonds. The second-order valence-corrected chi connectivity index (χ2v) is 4.93. The lowest BCUT2D eigenvalue weighted by Crippen LogP contribution is -2.00. The smallest absolute Gasteiger partial charge is 0.0796 e. The van der Waals surface area contributed by atoms with Gasteiger partial charge in [0.15, 0.2) is 0 Å². The van der Waals surface area contributed by atoms with Gasteiger partial charge in [-0.3, -0.25) is 4.98 Å². The number of hydrogen-bond donors (Lipinski definition) is 1. The van der Waals surface area contributed by atoms with E-state index in [4.69, 9.17) is 0 Å². The molecular formula is C15H19NO. The Labute approximate surface area is 102 Å². The molecule has 0 bridgehead atoms. The SMILES string of the molecule is CC(C)CCC(O)c1cccc2ccncc12. The molecule has 1 heterocycles. The molecule has 2 rings (SSSR count). The highest BCUT2D eigenvalue weighted by molar-refractivity contribution is 5.85. The van der Waals surface area contributed by atoms with Gasteiger partial charge in [0, 0.05) is 17.8 Å². The predicted molar refractivity (Wildman–Crippen MR) is 70.8 cm³/mol. The van der Waals surface area contributed by atoms with Gasteiger partial charge in [0.25, 0.3) is 0 Å². The van der Waals surface area contributed by atoms with E-state index in [-0.39, 0.29) is 6.10 Å². The molecule has 2 heteroatoms. The van der Waals surface area contributed by atoms with Crippen molar-refractivity contribution in [2.24, 2.45) is 5.92 Å². The van der Waals surface area contributed by atoms with Crippen LogP contribution in [0.2, 0.25) is 0 Å². The van der Waals surface area contributed by atoms with Crippen molar-refractivity contribution in [3.8, 4) is 0 Å². The standard InChI is InChI=1S/C15H19NO/c1-11(2)6-7-15(17)13-5-3-4-12-8-9-16-10-14(12)13/h3-5,8-11,15,17H,6-7H2,1-2H3. The summed E-state index contributed by atoms with van der Waals surface area (Å²) in [5, 5.41) is 12.4. The summed E-state index contributed by atoms with van der Waals surface area (Å²) in [4.78, 5) is 4.14. The first-order valence-corrected chi connectivity index (χ1v) is 6.19. The van der Waals surface area contributed by atoms with Crippen LogP contribution in [0.1, 0.15) is 38.4 Å². The molecule has 0 aliphatic carbocycles. The molecule has 0 spiro atoms. The van der Waals surface area contributed by atoms with E-state index in [1.165, 1.54) is 0 Å². The molecule has 2 nitrogen and oxygen atoms in total. The average molecular weight is 229 g/mol. The highest BCUT2D eigenvalue weighted by Gasteiger charge is 2.11. The first kappa shape index (κ1) is 12.1. The number of pyridine rings is 1. The van der Waals surface area contributed by atoms with Gasteiger partial charge < -0.3 is 5.11 Å². The van der Waals surface area contributed by atoms with Crippen molar-refractivity contribution in [2.45, 2.75) is 32.8 Å². The van der Waals surface area contributed by atoms with Gasteiger partial charge in [-0.05, 0) is 35.8 Å². The molecule has 90 valence electrons. The van der Waals surface area contributed by atoms with Crippen LogP contribution in [0.3, 0.4) is 0 Å². The molecule has 0 saturated carbocycles. The minimum atomic E-state index is -0.384. The summed E-state index contributed by atoms with van der Waals surface area (Å²) in [6.07, 6.45) is 5.09. The van der Waals surface area contributed by atoms with Crippen LogP contribution in [0.15, 0.2) is 36.7 Å².